The minimum absolute atomic E-state index is 0.138. The molecule has 1 N–H and O–H groups in total. The van der Waals surface area contributed by atoms with Gasteiger partial charge >= 0.3 is 0 Å². The molecule has 1 aromatic heterocycles. The Kier molecular flexibility index (Phi) is 3.98. The van der Waals surface area contributed by atoms with Gasteiger partial charge in [0, 0.05) is 23.4 Å². The topological polar surface area (TPSA) is 116 Å². The lowest BCUT2D eigenvalue weighted by atomic mass is 10.1. The lowest BCUT2D eigenvalue weighted by molar-refractivity contribution is -0.384. The van der Waals surface area contributed by atoms with E-state index in [9.17, 15) is 14.9 Å². The van der Waals surface area contributed by atoms with Gasteiger partial charge in [-0.05, 0) is 41.1 Å². The molecule has 0 spiro atoms. The molecule has 0 atom stereocenters. The van der Waals surface area contributed by atoms with Crippen molar-refractivity contribution in [3.05, 3.63) is 70.0 Å². The third-order valence-corrected chi connectivity index (χ3v) is 3.38. The second-order valence-electron chi connectivity index (χ2n) is 5.02. The molecule has 24 heavy (non-hydrogen) atoms. The number of rotatable bonds is 4. The smallest absolute Gasteiger partial charge is 0.270 e. The minimum Gasteiger partial charge on any atom is -0.322 e. The van der Waals surface area contributed by atoms with Crippen LogP contribution in [0.3, 0.4) is 0 Å². The highest BCUT2D eigenvalue weighted by atomic mass is 16.6. The first kappa shape index (κ1) is 15.3. The summed E-state index contributed by atoms with van der Waals surface area (Å²) in [7, 11) is 0. The van der Waals surface area contributed by atoms with Crippen LogP contribution in [0.2, 0.25) is 0 Å². The minimum atomic E-state index is -0.543. The van der Waals surface area contributed by atoms with Gasteiger partial charge in [-0.1, -0.05) is 12.1 Å². The second-order valence-corrected chi connectivity index (χ2v) is 5.02. The number of carbonyl (C=O) groups is 1. The molecule has 0 aliphatic rings. The van der Waals surface area contributed by atoms with Gasteiger partial charge in [0.15, 0.2) is 0 Å². The van der Waals surface area contributed by atoms with Crippen molar-refractivity contribution >= 4 is 17.3 Å². The van der Waals surface area contributed by atoms with Crippen molar-refractivity contribution in [3.63, 3.8) is 0 Å². The van der Waals surface area contributed by atoms with Gasteiger partial charge in [0.25, 0.3) is 11.6 Å². The summed E-state index contributed by atoms with van der Waals surface area (Å²) in [5.41, 5.74) is 2.24. The van der Waals surface area contributed by atoms with Crippen LogP contribution in [0.4, 0.5) is 11.4 Å². The van der Waals surface area contributed by atoms with Crippen LogP contribution < -0.4 is 5.32 Å². The van der Waals surface area contributed by atoms with Gasteiger partial charge in [0.2, 0.25) is 0 Å². The van der Waals surface area contributed by atoms with Gasteiger partial charge in [0.05, 0.1) is 10.6 Å². The van der Waals surface area contributed by atoms with Gasteiger partial charge < -0.3 is 5.32 Å². The Hall–Kier alpha value is -3.62. The summed E-state index contributed by atoms with van der Waals surface area (Å²) in [6.45, 7) is 1.89. The van der Waals surface area contributed by atoms with Crippen LogP contribution in [0.1, 0.15) is 15.9 Å². The molecule has 9 nitrogen and oxygen atoms in total. The Bertz CT molecular complexity index is 907. The summed E-state index contributed by atoms with van der Waals surface area (Å²) in [4.78, 5) is 22.5. The fourth-order valence-corrected chi connectivity index (χ4v) is 2.17. The Labute approximate surface area is 136 Å². The highest BCUT2D eigenvalue weighted by Crippen LogP contribution is 2.20. The van der Waals surface area contributed by atoms with E-state index in [2.05, 4.69) is 20.8 Å². The van der Waals surface area contributed by atoms with Crippen LogP contribution in [0.5, 0.6) is 0 Å². The predicted molar refractivity (Wildman–Crippen MR) is 84.9 cm³/mol. The second kappa shape index (κ2) is 6.24. The number of carbonyl (C=O) groups excluding carboxylic acids is 1. The van der Waals surface area contributed by atoms with E-state index in [4.69, 9.17) is 0 Å². The lowest BCUT2D eigenvalue weighted by Crippen LogP contribution is -2.12. The van der Waals surface area contributed by atoms with Gasteiger partial charge in [0.1, 0.15) is 6.33 Å². The van der Waals surface area contributed by atoms with Crippen molar-refractivity contribution in [2.45, 2.75) is 6.92 Å². The number of nitro benzene ring substituents is 1. The molecule has 3 rings (SSSR count). The highest BCUT2D eigenvalue weighted by molar-refractivity contribution is 6.04. The normalized spacial score (nSPS) is 10.4. The van der Waals surface area contributed by atoms with Crippen molar-refractivity contribution in [3.8, 4) is 5.69 Å². The van der Waals surface area contributed by atoms with E-state index in [0.29, 0.717) is 5.69 Å². The van der Waals surface area contributed by atoms with E-state index in [-0.39, 0.29) is 11.3 Å². The van der Waals surface area contributed by atoms with Crippen LogP contribution in [0.25, 0.3) is 5.69 Å². The first-order valence-electron chi connectivity index (χ1n) is 6.94. The number of hydrogen-bond acceptors (Lipinski definition) is 6. The summed E-state index contributed by atoms with van der Waals surface area (Å²) in [6, 6.07) is 10.8. The van der Waals surface area contributed by atoms with Gasteiger partial charge in [-0.15, -0.1) is 5.10 Å². The van der Waals surface area contributed by atoms with Gasteiger partial charge in [-0.3, -0.25) is 14.9 Å². The molecule has 1 heterocycles. The van der Waals surface area contributed by atoms with E-state index in [1.807, 2.05) is 13.0 Å². The molecule has 0 fully saturated rings. The largest absolute Gasteiger partial charge is 0.322 e. The average Bonchev–Trinajstić information content (AvgIpc) is 3.11. The summed E-state index contributed by atoms with van der Waals surface area (Å²) >= 11 is 0. The highest BCUT2D eigenvalue weighted by Gasteiger charge is 2.12. The number of nitrogens with zero attached hydrogens (tertiary/aromatic N) is 5. The van der Waals surface area contributed by atoms with E-state index in [0.717, 1.165) is 11.3 Å². The van der Waals surface area contributed by atoms with Crippen LogP contribution in [-0.4, -0.2) is 31.0 Å². The quantitative estimate of drug-likeness (QED) is 0.580. The number of anilines is 1. The summed E-state index contributed by atoms with van der Waals surface area (Å²) in [5.74, 6) is -0.440. The molecule has 0 saturated heterocycles. The lowest BCUT2D eigenvalue weighted by Gasteiger charge is -2.09. The van der Waals surface area contributed by atoms with E-state index >= 15 is 0 Å². The van der Waals surface area contributed by atoms with Gasteiger partial charge in [-0.2, -0.15) is 0 Å². The third-order valence-electron chi connectivity index (χ3n) is 3.38. The molecule has 0 radical (unpaired) electrons. The van der Waals surface area contributed by atoms with Crippen LogP contribution in [0.15, 0.2) is 48.8 Å². The number of aromatic nitrogens is 4. The zero-order valence-electron chi connectivity index (χ0n) is 12.6. The zero-order chi connectivity index (χ0) is 17.1. The molecule has 0 aliphatic heterocycles. The molecule has 1 amide bonds. The molecule has 0 aliphatic carbocycles. The van der Waals surface area contributed by atoms with Crippen LogP contribution >= 0.6 is 0 Å². The number of nitro groups is 1. The molecule has 9 heteroatoms. The maximum atomic E-state index is 12.3. The summed E-state index contributed by atoms with van der Waals surface area (Å²) in [6.07, 6.45) is 1.45. The van der Waals surface area contributed by atoms with E-state index in [1.165, 1.54) is 35.3 Å². The number of benzene rings is 2. The average molecular weight is 324 g/mol. The Morgan fingerprint density at radius 2 is 2.08 bits per heavy atom. The maximum absolute atomic E-state index is 12.3. The van der Waals surface area contributed by atoms with Crippen molar-refractivity contribution in [2.75, 3.05) is 5.32 Å². The molecular weight excluding hydrogens is 312 g/mol. The number of tetrazole rings is 1. The predicted octanol–water partition coefficient (Wildman–Crippen LogP) is 2.13. The molecule has 2 aromatic carbocycles. The van der Waals surface area contributed by atoms with Crippen LogP contribution in [0, 0.1) is 17.0 Å². The fraction of sp³-hybridized carbons (Fsp3) is 0.0667. The fourth-order valence-electron chi connectivity index (χ4n) is 2.17. The van der Waals surface area contributed by atoms with Crippen LogP contribution in [-0.2, 0) is 0 Å². The van der Waals surface area contributed by atoms with Gasteiger partial charge in [-0.25, -0.2) is 4.68 Å². The van der Waals surface area contributed by atoms with Crippen molar-refractivity contribution in [1.82, 2.24) is 20.2 Å². The number of nitrogens with one attached hydrogen (secondary N) is 1. The zero-order valence-corrected chi connectivity index (χ0v) is 12.6. The molecule has 0 unspecified atom stereocenters. The van der Waals surface area contributed by atoms with E-state index in [1.54, 1.807) is 12.1 Å². The first-order chi connectivity index (χ1) is 11.5. The summed E-state index contributed by atoms with van der Waals surface area (Å²) < 4.78 is 1.48. The Morgan fingerprint density at radius 1 is 1.25 bits per heavy atom. The van der Waals surface area contributed by atoms with Crippen molar-refractivity contribution < 1.29 is 9.72 Å². The Morgan fingerprint density at radius 3 is 2.79 bits per heavy atom. The molecule has 3 aromatic rings. The number of hydrogen-bond donors (Lipinski definition) is 1. The number of non-ortho nitro benzene ring substituents is 1. The number of amides is 1. The Balaban J connectivity index is 1.86. The third kappa shape index (κ3) is 3.09. The monoisotopic (exact) mass is 324 g/mol. The maximum Gasteiger partial charge on any atom is 0.270 e. The molecular formula is C15H12N6O3. The van der Waals surface area contributed by atoms with E-state index < -0.39 is 10.8 Å². The molecule has 0 saturated carbocycles. The molecule has 120 valence electrons. The summed E-state index contributed by atoms with van der Waals surface area (Å²) in [5, 5.41) is 24.5. The van der Waals surface area contributed by atoms with Crippen molar-refractivity contribution in [1.29, 1.82) is 0 Å². The SMILES string of the molecule is Cc1ccc(NC(=O)c2cccc([N+](=O)[O-])c2)cc1-n1cnnn1. The van der Waals surface area contributed by atoms with Crippen molar-refractivity contribution in [2.24, 2.45) is 0 Å². The first-order valence-corrected chi connectivity index (χ1v) is 6.94. The standard InChI is InChI=1S/C15H12N6O3/c1-10-5-6-12(8-14(10)20-9-16-18-19-20)17-15(22)11-3-2-4-13(7-11)21(23)24/h2-9H,1H3,(H,17,22). The molecule has 0 bridgehead atoms. The number of aryl methyl sites for hydroxylation is 1.